The number of anilines is 1. The summed E-state index contributed by atoms with van der Waals surface area (Å²) < 4.78 is 12.8. The highest BCUT2D eigenvalue weighted by atomic mass is 19.1. The molecule has 1 rings (SSSR count). The lowest BCUT2D eigenvalue weighted by atomic mass is 10.1. The number of aliphatic hydroxyl groups is 1. The largest absolute Gasteiger partial charge is 0.392 e. The SMILES string of the molecule is CN(CC(N)=O)c1ccc(F)cc1CO. The molecule has 1 aromatic carbocycles. The maximum absolute atomic E-state index is 12.8. The molecule has 0 aliphatic heterocycles. The minimum atomic E-state index is -0.481. The number of halogens is 1. The maximum Gasteiger partial charge on any atom is 0.236 e. The van der Waals surface area contributed by atoms with Crippen LogP contribution in [0.25, 0.3) is 0 Å². The molecule has 1 aromatic rings. The van der Waals surface area contributed by atoms with Crippen molar-refractivity contribution in [2.24, 2.45) is 5.73 Å². The monoisotopic (exact) mass is 212 g/mol. The standard InChI is InChI=1S/C10H13FN2O2/c1-13(5-10(12)15)9-3-2-8(11)4-7(9)6-14/h2-4,14H,5-6H2,1H3,(H2,12,15). The van der Waals surface area contributed by atoms with Crippen LogP contribution in [0.4, 0.5) is 10.1 Å². The number of primary amides is 1. The van der Waals surface area contributed by atoms with Crippen LogP contribution < -0.4 is 10.6 Å². The summed E-state index contributed by atoms with van der Waals surface area (Å²) in [5.41, 5.74) is 6.06. The third-order valence-corrected chi connectivity index (χ3v) is 2.02. The summed E-state index contributed by atoms with van der Waals surface area (Å²) in [4.78, 5) is 12.3. The zero-order valence-corrected chi connectivity index (χ0v) is 8.40. The van der Waals surface area contributed by atoms with Gasteiger partial charge >= 0.3 is 0 Å². The van der Waals surface area contributed by atoms with Crippen LogP contribution in [0.5, 0.6) is 0 Å². The lowest BCUT2D eigenvalue weighted by molar-refractivity contribution is -0.116. The molecule has 0 unspecified atom stereocenters. The van der Waals surface area contributed by atoms with Gasteiger partial charge in [0.05, 0.1) is 13.2 Å². The smallest absolute Gasteiger partial charge is 0.236 e. The molecular weight excluding hydrogens is 199 g/mol. The van der Waals surface area contributed by atoms with Crippen molar-refractivity contribution in [2.75, 3.05) is 18.5 Å². The second-order valence-electron chi connectivity index (χ2n) is 3.25. The Morgan fingerprint density at radius 1 is 1.60 bits per heavy atom. The van der Waals surface area contributed by atoms with Gasteiger partial charge in [0, 0.05) is 18.3 Å². The van der Waals surface area contributed by atoms with E-state index in [0.717, 1.165) is 0 Å². The molecule has 1 amide bonds. The zero-order chi connectivity index (χ0) is 11.4. The van der Waals surface area contributed by atoms with Crippen molar-refractivity contribution in [2.45, 2.75) is 6.61 Å². The third kappa shape index (κ3) is 2.92. The van der Waals surface area contributed by atoms with Crippen LogP contribution in [0, 0.1) is 5.82 Å². The lowest BCUT2D eigenvalue weighted by Crippen LogP contribution is -2.31. The number of amides is 1. The van der Waals surface area contributed by atoms with E-state index < -0.39 is 11.7 Å². The maximum atomic E-state index is 12.8. The van der Waals surface area contributed by atoms with Gasteiger partial charge in [0.15, 0.2) is 0 Å². The van der Waals surface area contributed by atoms with Gasteiger partial charge in [-0.2, -0.15) is 0 Å². The molecule has 0 saturated heterocycles. The molecule has 0 heterocycles. The average Bonchev–Trinajstić information content (AvgIpc) is 2.16. The fourth-order valence-corrected chi connectivity index (χ4v) is 1.37. The number of nitrogens with two attached hydrogens (primary N) is 1. The molecule has 5 heteroatoms. The van der Waals surface area contributed by atoms with Gasteiger partial charge in [0.2, 0.25) is 5.91 Å². The highest BCUT2D eigenvalue weighted by molar-refractivity contribution is 5.79. The van der Waals surface area contributed by atoms with E-state index in [1.807, 2.05) is 0 Å². The predicted molar refractivity (Wildman–Crippen MR) is 54.8 cm³/mol. The number of rotatable bonds is 4. The van der Waals surface area contributed by atoms with Gasteiger partial charge in [-0.25, -0.2) is 4.39 Å². The Morgan fingerprint density at radius 3 is 2.80 bits per heavy atom. The molecule has 15 heavy (non-hydrogen) atoms. The third-order valence-electron chi connectivity index (χ3n) is 2.02. The Labute approximate surface area is 87.1 Å². The van der Waals surface area contributed by atoms with Crippen molar-refractivity contribution >= 4 is 11.6 Å². The topological polar surface area (TPSA) is 66.6 Å². The minimum absolute atomic E-state index is 0.0264. The van der Waals surface area contributed by atoms with Crippen LogP contribution in [0.15, 0.2) is 18.2 Å². The molecule has 0 aliphatic carbocycles. The highest BCUT2D eigenvalue weighted by Crippen LogP contribution is 2.20. The number of hydrogen-bond acceptors (Lipinski definition) is 3. The zero-order valence-electron chi connectivity index (χ0n) is 8.40. The Bertz CT molecular complexity index is 368. The first-order valence-corrected chi connectivity index (χ1v) is 4.43. The first kappa shape index (κ1) is 11.5. The first-order chi connectivity index (χ1) is 7.04. The van der Waals surface area contributed by atoms with E-state index >= 15 is 0 Å². The molecule has 0 spiro atoms. The van der Waals surface area contributed by atoms with Crippen LogP contribution in [-0.2, 0) is 11.4 Å². The molecule has 0 atom stereocenters. The van der Waals surface area contributed by atoms with Crippen molar-refractivity contribution in [3.05, 3.63) is 29.6 Å². The summed E-state index contributed by atoms with van der Waals surface area (Å²) in [6.45, 7) is -0.255. The number of hydrogen-bond donors (Lipinski definition) is 2. The Morgan fingerprint density at radius 2 is 2.27 bits per heavy atom. The van der Waals surface area contributed by atoms with Crippen molar-refractivity contribution in [1.29, 1.82) is 0 Å². The summed E-state index contributed by atoms with van der Waals surface area (Å²) in [6.07, 6.45) is 0. The highest BCUT2D eigenvalue weighted by Gasteiger charge is 2.09. The van der Waals surface area contributed by atoms with Gasteiger partial charge in [-0.15, -0.1) is 0 Å². The van der Waals surface area contributed by atoms with E-state index in [1.54, 1.807) is 11.9 Å². The first-order valence-electron chi connectivity index (χ1n) is 4.43. The average molecular weight is 212 g/mol. The number of aliphatic hydroxyl groups excluding tert-OH is 1. The molecular formula is C10H13FN2O2. The van der Waals surface area contributed by atoms with E-state index in [1.165, 1.54) is 18.2 Å². The van der Waals surface area contributed by atoms with Gasteiger partial charge in [-0.3, -0.25) is 4.79 Å². The van der Waals surface area contributed by atoms with E-state index in [9.17, 15) is 9.18 Å². The summed E-state index contributed by atoms with van der Waals surface area (Å²) in [5, 5.41) is 9.02. The van der Waals surface area contributed by atoms with Crippen LogP contribution in [0.2, 0.25) is 0 Å². The summed E-state index contributed by atoms with van der Waals surface area (Å²) in [7, 11) is 1.65. The summed E-state index contributed by atoms with van der Waals surface area (Å²) >= 11 is 0. The van der Waals surface area contributed by atoms with Gasteiger partial charge in [-0.1, -0.05) is 0 Å². The lowest BCUT2D eigenvalue weighted by Gasteiger charge is -2.20. The second kappa shape index (κ2) is 4.75. The number of carbonyl (C=O) groups excluding carboxylic acids is 1. The van der Waals surface area contributed by atoms with Crippen LogP contribution in [0.3, 0.4) is 0 Å². The van der Waals surface area contributed by atoms with E-state index in [4.69, 9.17) is 10.8 Å². The van der Waals surface area contributed by atoms with Crippen LogP contribution >= 0.6 is 0 Å². The molecule has 0 saturated carbocycles. The molecule has 4 nitrogen and oxygen atoms in total. The second-order valence-corrected chi connectivity index (χ2v) is 3.25. The van der Waals surface area contributed by atoms with E-state index in [0.29, 0.717) is 11.3 Å². The van der Waals surface area contributed by atoms with Gasteiger partial charge in [0.25, 0.3) is 0 Å². The quantitative estimate of drug-likeness (QED) is 0.751. The van der Waals surface area contributed by atoms with Gasteiger partial charge in [0.1, 0.15) is 5.82 Å². The van der Waals surface area contributed by atoms with Crippen molar-refractivity contribution in [3.8, 4) is 0 Å². The van der Waals surface area contributed by atoms with E-state index in [-0.39, 0.29) is 13.2 Å². The Hall–Kier alpha value is -1.62. The number of carbonyl (C=O) groups is 1. The van der Waals surface area contributed by atoms with Gasteiger partial charge in [-0.05, 0) is 18.2 Å². The molecule has 0 bridgehead atoms. The Kier molecular flexibility index (Phi) is 3.62. The van der Waals surface area contributed by atoms with Crippen LogP contribution in [-0.4, -0.2) is 24.6 Å². The fraction of sp³-hybridized carbons (Fsp3) is 0.300. The molecule has 0 aromatic heterocycles. The predicted octanol–water partition coefficient (Wildman–Crippen LogP) is 0.239. The summed E-state index contributed by atoms with van der Waals surface area (Å²) in [6, 6.07) is 4.00. The van der Waals surface area contributed by atoms with Crippen molar-refractivity contribution < 1.29 is 14.3 Å². The molecule has 0 radical (unpaired) electrons. The Balaban J connectivity index is 2.97. The van der Waals surface area contributed by atoms with Gasteiger partial charge < -0.3 is 15.7 Å². The molecule has 0 fully saturated rings. The van der Waals surface area contributed by atoms with Crippen molar-refractivity contribution in [1.82, 2.24) is 0 Å². The molecule has 0 aliphatic rings. The minimum Gasteiger partial charge on any atom is -0.392 e. The number of likely N-dealkylation sites (N-methyl/N-ethyl adjacent to an activating group) is 1. The molecule has 82 valence electrons. The number of nitrogens with zero attached hydrogens (tertiary/aromatic N) is 1. The van der Waals surface area contributed by atoms with Crippen molar-refractivity contribution in [3.63, 3.8) is 0 Å². The van der Waals surface area contributed by atoms with Crippen LogP contribution in [0.1, 0.15) is 5.56 Å². The fourth-order valence-electron chi connectivity index (χ4n) is 1.37. The van der Waals surface area contributed by atoms with E-state index in [2.05, 4.69) is 0 Å². The number of benzene rings is 1. The molecule has 3 N–H and O–H groups in total. The normalized spacial score (nSPS) is 10.1. The summed E-state index contributed by atoms with van der Waals surface area (Å²) in [5.74, 6) is -0.902.